The van der Waals surface area contributed by atoms with Crippen LogP contribution in [0.5, 0.6) is 0 Å². The molecule has 0 N–H and O–H groups in total. The third kappa shape index (κ3) is 4.86. The lowest BCUT2D eigenvalue weighted by Gasteiger charge is -2.08. The maximum absolute atomic E-state index is 11.8. The van der Waals surface area contributed by atoms with Gasteiger partial charge >= 0.3 is 6.18 Å². The van der Waals surface area contributed by atoms with Gasteiger partial charge in [0.2, 0.25) is 0 Å². The fourth-order valence-electron chi connectivity index (χ4n) is 0.915. The molecule has 0 atom stereocenters. The van der Waals surface area contributed by atoms with E-state index in [1.807, 2.05) is 0 Å². The fourth-order valence-corrected chi connectivity index (χ4v) is 1.64. The molecule has 0 amide bonds. The number of benzene rings is 1. The molecule has 1 nitrogen and oxygen atoms in total. The summed E-state index contributed by atoms with van der Waals surface area (Å²) in [7, 11) is 0. The Morgan fingerprint density at radius 1 is 1.33 bits per heavy atom. The number of hydrogen-bond donors (Lipinski definition) is 0. The molecule has 6 heteroatoms. The molecule has 0 aliphatic carbocycles. The van der Waals surface area contributed by atoms with E-state index in [1.165, 1.54) is 0 Å². The Morgan fingerprint density at radius 2 is 2.00 bits per heavy atom. The van der Waals surface area contributed by atoms with Crippen LogP contribution in [0.3, 0.4) is 0 Å². The van der Waals surface area contributed by atoms with Crippen LogP contribution in [-0.4, -0.2) is 12.8 Å². The molecule has 0 aliphatic rings. The van der Waals surface area contributed by atoms with Gasteiger partial charge in [-0.1, -0.05) is 33.6 Å². The Bertz CT molecular complexity index is 341. The van der Waals surface area contributed by atoms with Crippen LogP contribution < -0.4 is 0 Å². The van der Waals surface area contributed by atoms with Gasteiger partial charge in [0.05, 0.1) is 6.61 Å². The zero-order chi connectivity index (χ0) is 11.5. The molecule has 0 spiro atoms. The minimum Gasteiger partial charge on any atom is -0.367 e. The highest BCUT2D eigenvalue weighted by Gasteiger charge is 2.27. The summed E-state index contributed by atoms with van der Waals surface area (Å²) in [6.45, 7) is -1.41. The fraction of sp³-hybridized carbons (Fsp3) is 0.333. The number of rotatable bonds is 3. The van der Waals surface area contributed by atoms with Crippen LogP contribution in [0.25, 0.3) is 0 Å². The van der Waals surface area contributed by atoms with E-state index in [9.17, 15) is 13.2 Å². The zero-order valence-electron chi connectivity index (χ0n) is 7.44. The minimum atomic E-state index is -4.30. The highest BCUT2D eigenvalue weighted by atomic mass is 79.9. The highest BCUT2D eigenvalue weighted by Crippen LogP contribution is 2.23. The lowest BCUT2D eigenvalue weighted by atomic mass is 10.2. The van der Waals surface area contributed by atoms with Crippen molar-refractivity contribution in [3.8, 4) is 0 Å². The summed E-state index contributed by atoms with van der Waals surface area (Å²) in [5.41, 5.74) is 0.532. The molecule has 0 saturated carbocycles. The SMILES string of the molecule is FC(F)(F)COCc1ccc(Br)cc1Cl. The first-order valence-corrected chi connectivity index (χ1v) is 5.14. The molecule has 84 valence electrons. The molecule has 0 saturated heterocycles. The Kier molecular flexibility index (Phi) is 4.43. The van der Waals surface area contributed by atoms with E-state index in [0.29, 0.717) is 10.6 Å². The lowest BCUT2D eigenvalue weighted by Crippen LogP contribution is -2.16. The number of alkyl halides is 3. The summed E-state index contributed by atoms with van der Waals surface area (Å²) in [5.74, 6) is 0. The summed E-state index contributed by atoms with van der Waals surface area (Å²) in [6.07, 6.45) is -4.30. The van der Waals surface area contributed by atoms with Gasteiger partial charge in [-0.15, -0.1) is 0 Å². The van der Waals surface area contributed by atoms with Crippen molar-refractivity contribution >= 4 is 27.5 Å². The van der Waals surface area contributed by atoms with Crippen LogP contribution in [-0.2, 0) is 11.3 Å². The molecule has 0 aromatic heterocycles. The molecule has 0 unspecified atom stereocenters. The van der Waals surface area contributed by atoms with Crippen LogP contribution in [0.2, 0.25) is 5.02 Å². The van der Waals surface area contributed by atoms with Gasteiger partial charge < -0.3 is 4.74 Å². The molecule has 1 aromatic rings. The topological polar surface area (TPSA) is 9.23 Å². The summed E-state index contributed by atoms with van der Waals surface area (Å²) >= 11 is 8.98. The average molecular weight is 304 g/mol. The second-order valence-corrected chi connectivity index (χ2v) is 4.17. The smallest absolute Gasteiger partial charge is 0.367 e. The van der Waals surface area contributed by atoms with Gasteiger partial charge in [0.15, 0.2) is 0 Å². The lowest BCUT2D eigenvalue weighted by molar-refractivity contribution is -0.176. The minimum absolute atomic E-state index is 0.147. The van der Waals surface area contributed by atoms with E-state index in [-0.39, 0.29) is 6.61 Å². The largest absolute Gasteiger partial charge is 0.411 e. The number of halogens is 5. The quantitative estimate of drug-likeness (QED) is 0.814. The molecular weight excluding hydrogens is 296 g/mol. The van der Waals surface area contributed by atoms with Crippen molar-refractivity contribution in [1.82, 2.24) is 0 Å². The average Bonchev–Trinajstić information content (AvgIpc) is 2.07. The molecule has 0 heterocycles. The van der Waals surface area contributed by atoms with E-state index < -0.39 is 12.8 Å². The van der Waals surface area contributed by atoms with E-state index in [2.05, 4.69) is 20.7 Å². The Labute approximate surface area is 98.3 Å². The molecular formula is C9H7BrClF3O. The third-order valence-electron chi connectivity index (χ3n) is 1.54. The Balaban J connectivity index is 2.51. The third-order valence-corrected chi connectivity index (χ3v) is 2.38. The second kappa shape index (κ2) is 5.18. The molecule has 0 fully saturated rings. The van der Waals surface area contributed by atoms with Crippen LogP contribution in [0.15, 0.2) is 22.7 Å². The molecule has 0 radical (unpaired) electrons. The Hall–Kier alpha value is -0.260. The maximum atomic E-state index is 11.8. The summed E-state index contributed by atoms with van der Waals surface area (Å²) in [6, 6.07) is 4.91. The highest BCUT2D eigenvalue weighted by molar-refractivity contribution is 9.10. The van der Waals surface area contributed by atoms with Crippen LogP contribution in [0.1, 0.15) is 5.56 Å². The maximum Gasteiger partial charge on any atom is 0.411 e. The molecule has 0 aliphatic heterocycles. The predicted molar refractivity (Wildman–Crippen MR) is 54.9 cm³/mol. The van der Waals surface area contributed by atoms with Crippen molar-refractivity contribution in [2.75, 3.05) is 6.61 Å². The zero-order valence-corrected chi connectivity index (χ0v) is 9.79. The predicted octanol–water partition coefficient (Wildman–Crippen LogP) is 4.18. The van der Waals surface area contributed by atoms with Crippen LogP contribution in [0.4, 0.5) is 13.2 Å². The molecule has 0 bridgehead atoms. The monoisotopic (exact) mass is 302 g/mol. The van der Waals surface area contributed by atoms with Crippen molar-refractivity contribution < 1.29 is 17.9 Å². The number of ether oxygens (including phenoxy) is 1. The van der Waals surface area contributed by atoms with Crippen LogP contribution in [0, 0.1) is 0 Å². The van der Waals surface area contributed by atoms with E-state index >= 15 is 0 Å². The first kappa shape index (κ1) is 12.8. The van der Waals surface area contributed by atoms with Crippen molar-refractivity contribution in [2.24, 2.45) is 0 Å². The van der Waals surface area contributed by atoms with Crippen molar-refractivity contribution in [3.05, 3.63) is 33.3 Å². The van der Waals surface area contributed by atoms with Gasteiger partial charge in [0.1, 0.15) is 6.61 Å². The second-order valence-electron chi connectivity index (χ2n) is 2.84. The van der Waals surface area contributed by atoms with Crippen LogP contribution >= 0.6 is 27.5 Å². The Morgan fingerprint density at radius 3 is 2.53 bits per heavy atom. The summed E-state index contributed by atoms with van der Waals surface area (Å²) in [4.78, 5) is 0. The van der Waals surface area contributed by atoms with Crippen molar-refractivity contribution in [3.63, 3.8) is 0 Å². The van der Waals surface area contributed by atoms with Gasteiger partial charge in [-0.25, -0.2) is 0 Å². The van der Waals surface area contributed by atoms with Gasteiger partial charge in [0, 0.05) is 9.50 Å². The van der Waals surface area contributed by atoms with E-state index in [4.69, 9.17) is 11.6 Å². The van der Waals surface area contributed by atoms with Gasteiger partial charge in [-0.2, -0.15) is 13.2 Å². The van der Waals surface area contributed by atoms with E-state index in [1.54, 1.807) is 18.2 Å². The normalized spacial score (nSPS) is 11.8. The van der Waals surface area contributed by atoms with E-state index in [0.717, 1.165) is 4.47 Å². The number of hydrogen-bond acceptors (Lipinski definition) is 1. The summed E-state index contributed by atoms with van der Waals surface area (Å²) in [5, 5.41) is 0.381. The van der Waals surface area contributed by atoms with Crippen molar-refractivity contribution in [1.29, 1.82) is 0 Å². The standard InChI is InChI=1S/C9H7BrClF3O/c10-7-2-1-6(8(11)3-7)4-15-5-9(12,13)14/h1-3H,4-5H2. The van der Waals surface area contributed by atoms with Gasteiger partial charge in [-0.05, 0) is 17.7 Å². The molecule has 1 aromatic carbocycles. The molecule has 15 heavy (non-hydrogen) atoms. The first-order valence-electron chi connectivity index (χ1n) is 3.97. The molecule has 1 rings (SSSR count). The van der Waals surface area contributed by atoms with Gasteiger partial charge in [0.25, 0.3) is 0 Å². The summed E-state index contributed by atoms with van der Waals surface area (Å²) < 4.78 is 40.5. The van der Waals surface area contributed by atoms with Crippen molar-refractivity contribution in [2.45, 2.75) is 12.8 Å². The first-order chi connectivity index (χ1) is 6.88. The van der Waals surface area contributed by atoms with Gasteiger partial charge in [-0.3, -0.25) is 0 Å².